The van der Waals surface area contributed by atoms with Crippen molar-refractivity contribution in [3.8, 4) is 11.1 Å². The summed E-state index contributed by atoms with van der Waals surface area (Å²) in [6.45, 7) is 8.39. The van der Waals surface area contributed by atoms with Crippen molar-refractivity contribution in [3.05, 3.63) is 82.5 Å². The first-order valence-electron chi connectivity index (χ1n) is 10.4. The van der Waals surface area contributed by atoms with Gasteiger partial charge in [0.1, 0.15) is 0 Å². The number of carbonyl (C=O) groups excluding carboxylic acids is 1. The van der Waals surface area contributed by atoms with E-state index in [2.05, 4.69) is 36.1 Å². The molecule has 0 saturated carbocycles. The molecule has 6 heteroatoms. The number of anilines is 2. The summed E-state index contributed by atoms with van der Waals surface area (Å²) in [5.41, 5.74) is 11.7. The molecule has 4 aromatic rings. The summed E-state index contributed by atoms with van der Waals surface area (Å²) in [4.78, 5) is 21.2. The van der Waals surface area contributed by atoms with Crippen LogP contribution >= 0.6 is 11.6 Å². The van der Waals surface area contributed by atoms with Crippen LogP contribution < -0.4 is 11.1 Å². The van der Waals surface area contributed by atoms with Crippen LogP contribution in [0.3, 0.4) is 0 Å². The number of nitrogen functional groups attached to an aromatic ring is 1. The molecule has 162 valence electrons. The van der Waals surface area contributed by atoms with Crippen LogP contribution in [0.1, 0.15) is 42.3 Å². The van der Waals surface area contributed by atoms with Crippen molar-refractivity contribution < 1.29 is 4.79 Å². The average molecular weight is 445 g/mol. The van der Waals surface area contributed by atoms with Crippen molar-refractivity contribution in [1.29, 1.82) is 0 Å². The minimum absolute atomic E-state index is 0.0327. The number of nitrogens with two attached hydrogens (primary N) is 1. The standard InChI is InChI=1S/C26H25ClN4O/c1-15-21(17-7-10-23-18(11-17)14-29-25(28)31-23)12-20(13-22(15)27)30-24(32)16-5-8-19(9-6-16)26(2,3)4/h5-14H,1-4H3,(H,30,32)(H2,28,29,31). The molecule has 0 aliphatic carbocycles. The van der Waals surface area contributed by atoms with Crippen molar-refractivity contribution >= 4 is 40.0 Å². The number of nitrogens with zero attached hydrogens (tertiary/aromatic N) is 2. The zero-order valence-electron chi connectivity index (χ0n) is 18.5. The lowest BCUT2D eigenvalue weighted by Gasteiger charge is -2.19. The second-order valence-corrected chi connectivity index (χ2v) is 9.32. The van der Waals surface area contributed by atoms with Gasteiger partial charge in [0.05, 0.1) is 5.52 Å². The normalized spacial score (nSPS) is 11.5. The molecule has 0 bridgehead atoms. The van der Waals surface area contributed by atoms with Crippen molar-refractivity contribution in [2.75, 3.05) is 11.1 Å². The van der Waals surface area contributed by atoms with Gasteiger partial charge in [0.15, 0.2) is 0 Å². The Labute approximate surface area is 192 Å². The van der Waals surface area contributed by atoms with Crippen LogP contribution in [0.4, 0.5) is 11.6 Å². The van der Waals surface area contributed by atoms with Gasteiger partial charge < -0.3 is 11.1 Å². The van der Waals surface area contributed by atoms with Gasteiger partial charge in [-0.25, -0.2) is 9.97 Å². The lowest BCUT2D eigenvalue weighted by Crippen LogP contribution is -2.14. The fourth-order valence-corrected chi connectivity index (χ4v) is 3.81. The molecule has 1 heterocycles. The lowest BCUT2D eigenvalue weighted by molar-refractivity contribution is 0.102. The first kappa shape index (κ1) is 21.8. The van der Waals surface area contributed by atoms with E-state index in [9.17, 15) is 4.79 Å². The van der Waals surface area contributed by atoms with E-state index >= 15 is 0 Å². The molecule has 3 N–H and O–H groups in total. The van der Waals surface area contributed by atoms with Crippen LogP contribution in [0, 0.1) is 6.92 Å². The Kier molecular flexibility index (Phi) is 5.61. The Balaban J connectivity index is 1.65. The van der Waals surface area contributed by atoms with Gasteiger partial charge in [0.25, 0.3) is 5.91 Å². The highest BCUT2D eigenvalue weighted by atomic mass is 35.5. The van der Waals surface area contributed by atoms with Gasteiger partial charge in [-0.2, -0.15) is 0 Å². The number of halogens is 1. The highest BCUT2D eigenvalue weighted by Crippen LogP contribution is 2.34. The summed E-state index contributed by atoms with van der Waals surface area (Å²) >= 11 is 6.52. The van der Waals surface area contributed by atoms with E-state index in [1.807, 2.05) is 55.5 Å². The molecule has 0 aliphatic rings. The molecule has 0 aliphatic heterocycles. The molecule has 4 rings (SSSR count). The molecule has 1 aromatic heterocycles. The van der Waals surface area contributed by atoms with Crippen molar-refractivity contribution in [3.63, 3.8) is 0 Å². The molecule has 0 saturated heterocycles. The minimum atomic E-state index is -0.182. The number of carbonyl (C=O) groups is 1. The summed E-state index contributed by atoms with van der Waals surface area (Å²) in [5, 5.41) is 4.43. The number of aromatic nitrogens is 2. The van der Waals surface area contributed by atoms with Gasteiger partial charge >= 0.3 is 0 Å². The van der Waals surface area contributed by atoms with Gasteiger partial charge in [-0.15, -0.1) is 0 Å². The van der Waals surface area contributed by atoms with Crippen LogP contribution in [-0.4, -0.2) is 15.9 Å². The summed E-state index contributed by atoms with van der Waals surface area (Å²) in [6, 6.07) is 17.2. The second-order valence-electron chi connectivity index (χ2n) is 8.91. The van der Waals surface area contributed by atoms with Gasteiger partial charge in [-0.05, 0) is 71.0 Å². The van der Waals surface area contributed by atoms with Crippen LogP contribution in [-0.2, 0) is 5.41 Å². The van der Waals surface area contributed by atoms with Gasteiger partial charge in [-0.3, -0.25) is 4.79 Å². The second kappa shape index (κ2) is 8.24. The maximum Gasteiger partial charge on any atom is 0.255 e. The SMILES string of the molecule is Cc1c(Cl)cc(NC(=O)c2ccc(C(C)(C)C)cc2)cc1-c1ccc2nc(N)ncc2c1. The smallest absolute Gasteiger partial charge is 0.255 e. The van der Waals surface area contributed by atoms with Gasteiger partial charge in [-0.1, -0.05) is 50.6 Å². The molecule has 3 aromatic carbocycles. The predicted octanol–water partition coefficient (Wildman–Crippen LogP) is 6.39. The molecule has 5 nitrogen and oxygen atoms in total. The fraction of sp³-hybridized carbons (Fsp3) is 0.192. The molecule has 1 amide bonds. The van der Waals surface area contributed by atoms with Gasteiger partial charge in [0, 0.05) is 27.9 Å². The van der Waals surface area contributed by atoms with Crippen LogP contribution in [0.15, 0.2) is 60.8 Å². The average Bonchev–Trinajstić information content (AvgIpc) is 2.75. The third kappa shape index (κ3) is 4.43. The van der Waals surface area contributed by atoms with E-state index in [-0.39, 0.29) is 17.3 Å². The maximum atomic E-state index is 12.8. The largest absolute Gasteiger partial charge is 0.368 e. The lowest BCUT2D eigenvalue weighted by atomic mass is 9.86. The quantitative estimate of drug-likeness (QED) is 0.383. The van der Waals surface area contributed by atoms with E-state index in [4.69, 9.17) is 17.3 Å². The Hall–Kier alpha value is -3.44. The monoisotopic (exact) mass is 444 g/mol. The van der Waals surface area contributed by atoms with Gasteiger partial charge in [0.2, 0.25) is 5.95 Å². The zero-order chi connectivity index (χ0) is 23.0. The van der Waals surface area contributed by atoms with E-state index in [0.29, 0.717) is 16.3 Å². The molecular formula is C26H25ClN4O. The number of fused-ring (bicyclic) bond motifs is 1. The van der Waals surface area contributed by atoms with Crippen LogP contribution in [0.2, 0.25) is 5.02 Å². The first-order chi connectivity index (χ1) is 15.1. The van der Waals surface area contributed by atoms with Crippen molar-refractivity contribution in [1.82, 2.24) is 9.97 Å². The third-order valence-electron chi connectivity index (χ3n) is 5.52. The highest BCUT2D eigenvalue weighted by molar-refractivity contribution is 6.32. The Bertz CT molecular complexity index is 1320. The number of hydrogen-bond donors (Lipinski definition) is 2. The topological polar surface area (TPSA) is 80.9 Å². The van der Waals surface area contributed by atoms with Crippen LogP contribution in [0.5, 0.6) is 0 Å². The van der Waals surface area contributed by atoms with E-state index in [1.54, 1.807) is 12.3 Å². The predicted molar refractivity (Wildman–Crippen MR) is 132 cm³/mol. The van der Waals surface area contributed by atoms with E-state index in [0.717, 1.165) is 27.6 Å². The van der Waals surface area contributed by atoms with Crippen molar-refractivity contribution in [2.45, 2.75) is 33.1 Å². The molecule has 0 radical (unpaired) electrons. The van der Waals surface area contributed by atoms with E-state index < -0.39 is 0 Å². The molecule has 32 heavy (non-hydrogen) atoms. The molecule has 0 atom stereocenters. The number of rotatable bonds is 3. The Morgan fingerprint density at radius 2 is 1.75 bits per heavy atom. The Morgan fingerprint density at radius 1 is 1.03 bits per heavy atom. The number of benzene rings is 3. The maximum absolute atomic E-state index is 12.8. The number of nitrogens with one attached hydrogen (secondary N) is 1. The molecular weight excluding hydrogens is 420 g/mol. The number of hydrogen-bond acceptors (Lipinski definition) is 4. The molecule has 0 spiro atoms. The molecule has 0 fully saturated rings. The summed E-state index contributed by atoms with van der Waals surface area (Å²) in [7, 11) is 0. The first-order valence-corrected chi connectivity index (χ1v) is 10.7. The fourth-order valence-electron chi connectivity index (χ4n) is 3.59. The van der Waals surface area contributed by atoms with E-state index in [1.165, 1.54) is 5.56 Å². The number of amides is 1. The van der Waals surface area contributed by atoms with Crippen LogP contribution in [0.25, 0.3) is 22.0 Å². The third-order valence-corrected chi connectivity index (χ3v) is 5.92. The summed E-state index contributed by atoms with van der Waals surface area (Å²) in [6.07, 6.45) is 1.70. The summed E-state index contributed by atoms with van der Waals surface area (Å²) < 4.78 is 0. The Morgan fingerprint density at radius 3 is 2.44 bits per heavy atom. The highest BCUT2D eigenvalue weighted by Gasteiger charge is 2.15. The zero-order valence-corrected chi connectivity index (χ0v) is 19.3. The summed E-state index contributed by atoms with van der Waals surface area (Å²) in [5.74, 6) is 0.0587. The van der Waals surface area contributed by atoms with Crippen molar-refractivity contribution in [2.24, 2.45) is 0 Å². The molecule has 0 unspecified atom stereocenters. The minimum Gasteiger partial charge on any atom is -0.368 e.